The second-order valence-electron chi connectivity index (χ2n) is 5.26. The van der Waals surface area contributed by atoms with Gasteiger partial charge in [-0.1, -0.05) is 11.8 Å². The highest BCUT2D eigenvalue weighted by Crippen LogP contribution is 2.36. The molecule has 0 unspecified atom stereocenters. The topological polar surface area (TPSA) is 103 Å². The molecule has 3 aliphatic rings. The SMILES string of the molecule is CCNC1=N[C@@H]2[C@@H](O)[C@H](O)[C@@H](C(=O)NC3CC3)O[C@@H]2S1. The largest absolute Gasteiger partial charge is 0.388 e. The molecule has 1 saturated carbocycles. The van der Waals surface area contributed by atoms with Crippen LogP contribution in [0.5, 0.6) is 0 Å². The number of carbonyl (C=O) groups is 1. The van der Waals surface area contributed by atoms with E-state index in [1.807, 2.05) is 6.92 Å². The first-order valence-corrected chi connectivity index (χ1v) is 7.78. The predicted molar refractivity (Wildman–Crippen MR) is 74.3 cm³/mol. The fraction of sp³-hybridized carbons (Fsp3) is 0.833. The van der Waals surface area contributed by atoms with Gasteiger partial charge in [-0.25, -0.2) is 0 Å². The maximum absolute atomic E-state index is 12.0. The van der Waals surface area contributed by atoms with E-state index in [9.17, 15) is 15.0 Å². The van der Waals surface area contributed by atoms with E-state index in [4.69, 9.17) is 4.74 Å². The van der Waals surface area contributed by atoms with Crippen molar-refractivity contribution in [2.75, 3.05) is 6.54 Å². The van der Waals surface area contributed by atoms with E-state index in [0.717, 1.165) is 19.4 Å². The molecule has 3 rings (SSSR count). The fourth-order valence-electron chi connectivity index (χ4n) is 2.32. The molecule has 112 valence electrons. The normalized spacial score (nSPS) is 40.0. The Balaban J connectivity index is 1.67. The van der Waals surface area contributed by atoms with E-state index in [2.05, 4.69) is 15.6 Å². The lowest BCUT2D eigenvalue weighted by molar-refractivity contribution is -0.171. The molecule has 7 nitrogen and oxygen atoms in total. The summed E-state index contributed by atoms with van der Waals surface area (Å²) >= 11 is 1.35. The summed E-state index contributed by atoms with van der Waals surface area (Å²) in [5.74, 6) is -0.352. The van der Waals surface area contributed by atoms with Crippen LogP contribution < -0.4 is 10.6 Å². The fourth-order valence-corrected chi connectivity index (χ4v) is 3.49. The Morgan fingerprint density at radius 1 is 1.45 bits per heavy atom. The van der Waals surface area contributed by atoms with Crippen molar-refractivity contribution in [2.45, 2.75) is 55.6 Å². The van der Waals surface area contributed by atoms with Crippen LogP contribution in [0.25, 0.3) is 0 Å². The third kappa shape index (κ3) is 2.65. The van der Waals surface area contributed by atoms with Gasteiger partial charge in [0.25, 0.3) is 5.91 Å². The van der Waals surface area contributed by atoms with Crippen LogP contribution in [0.1, 0.15) is 19.8 Å². The van der Waals surface area contributed by atoms with Gasteiger partial charge < -0.3 is 25.6 Å². The highest BCUT2D eigenvalue weighted by atomic mass is 32.2. The van der Waals surface area contributed by atoms with Crippen LogP contribution in [0.15, 0.2) is 4.99 Å². The molecule has 8 heteroatoms. The van der Waals surface area contributed by atoms with Gasteiger partial charge >= 0.3 is 0 Å². The van der Waals surface area contributed by atoms with Crippen molar-refractivity contribution in [3.63, 3.8) is 0 Å². The van der Waals surface area contributed by atoms with Crippen molar-refractivity contribution in [2.24, 2.45) is 4.99 Å². The molecular formula is C12H19N3O4S. The quantitative estimate of drug-likeness (QED) is 0.522. The van der Waals surface area contributed by atoms with Crippen LogP contribution in [0.4, 0.5) is 0 Å². The van der Waals surface area contributed by atoms with Crippen molar-refractivity contribution >= 4 is 22.8 Å². The number of hydrogen-bond donors (Lipinski definition) is 4. The van der Waals surface area contributed by atoms with Gasteiger partial charge in [-0.15, -0.1) is 0 Å². The molecule has 0 aromatic heterocycles. The summed E-state index contributed by atoms with van der Waals surface area (Å²) in [6.07, 6.45) is -1.44. The van der Waals surface area contributed by atoms with E-state index in [1.54, 1.807) is 0 Å². The Morgan fingerprint density at radius 3 is 2.85 bits per heavy atom. The number of aliphatic imine (C=N–C) groups is 1. The van der Waals surface area contributed by atoms with Crippen molar-refractivity contribution < 1.29 is 19.7 Å². The number of amides is 1. The van der Waals surface area contributed by atoms with E-state index in [1.165, 1.54) is 11.8 Å². The molecule has 0 aromatic carbocycles. The summed E-state index contributed by atoms with van der Waals surface area (Å²) < 4.78 is 5.65. The molecule has 0 bridgehead atoms. The minimum absolute atomic E-state index is 0.193. The van der Waals surface area contributed by atoms with Gasteiger partial charge in [-0.3, -0.25) is 9.79 Å². The Labute approximate surface area is 121 Å². The zero-order valence-corrected chi connectivity index (χ0v) is 12.0. The van der Waals surface area contributed by atoms with Crippen LogP contribution in [0, 0.1) is 0 Å². The molecule has 1 saturated heterocycles. The van der Waals surface area contributed by atoms with Crippen LogP contribution in [-0.4, -0.2) is 63.7 Å². The maximum Gasteiger partial charge on any atom is 0.252 e. The molecular weight excluding hydrogens is 282 g/mol. The van der Waals surface area contributed by atoms with Gasteiger partial charge in [0.1, 0.15) is 23.7 Å². The molecule has 20 heavy (non-hydrogen) atoms. The van der Waals surface area contributed by atoms with Crippen molar-refractivity contribution in [3.8, 4) is 0 Å². The first-order chi connectivity index (χ1) is 9.60. The Hall–Kier alpha value is -0.830. The monoisotopic (exact) mass is 301 g/mol. The van der Waals surface area contributed by atoms with Crippen LogP contribution >= 0.6 is 11.8 Å². The molecule has 4 N–H and O–H groups in total. The number of amidine groups is 1. The molecule has 0 aromatic rings. The summed E-state index contributed by atoms with van der Waals surface area (Å²) in [5, 5.41) is 26.7. The molecule has 2 heterocycles. The number of nitrogens with one attached hydrogen (secondary N) is 2. The number of nitrogens with zero attached hydrogens (tertiary/aromatic N) is 1. The van der Waals surface area contributed by atoms with Crippen molar-refractivity contribution in [1.29, 1.82) is 0 Å². The summed E-state index contributed by atoms with van der Waals surface area (Å²) in [4.78, 5) is 16.3. The first kappa shape index (κ1) is 14.1. The van der Waals surface area contributed by atoms with Crippen LogP contribution in [0.3, 0.4) is 0 Å². The summed E-state index contributed by atoms with van der Waals surface area (Å²) in [6.45, 7) is 2.67. The zero-order chi connectivity index (χ0) is 14.3. The molecule has 1 aliphatic carbocycles. The third-order valence-electron chi connectivity index (χ3n) is 3.57. The number of aliphatic hydroxyl groups excluding tert-OH is 2. The molecule has 2 aliphatic heterocycles. The van der Waals surface area contributed by atoms with Gasteiger partial charge in [0.15, 0.2) is 11.3 Å². The average molecular weight is 301 g/mol. The summed E-state index contributed by atoms with van der Waals surface area (Å²) in [7, 11) is 0. The first-order valence-electron chi connectivity index (χ1n) is 6.90. The lowest BCUT2D eigenvalue weighted by Gasteiger charge is -2.37. The van der Waals surface area contributed by atoms with Gasteiger partial charge in [0.05, 0.1) is 0 Å². The van der Waals surface area contributed by atoms with Crippen molar-refractivity contribution in [1.82, 2.24) is 10.6 Å². The second kappa shape index (κ2) is 5.51. The third-order valence-corrected chi connectivity index (χ3v) is 4.67. The van der Waals surface area contributed by atoms with Crippen LogP contribution in [0.2, 0.25) is 0 Å². The molecule has 2 fully saturated rings. The standard InChI is InChI=1S/C12H19N3O4S/c1-2-13-12-15-6-7(16)8(17)9(19-11(6)20-12)10(18)14-5-3-4-5/h5-9,11,16-17H,2-4H2,1H3,(H,13,15)(H,14,18)/t6-,7-,8+,9+,11-/m1/s1. The zero-order valence-electron chi connectivity index (χ0n) is 11.2. The Morgan fingerprint density at radius 2 is 2.20 bits per heavy atom. The van der Waals surface area contributed by atoms with Gasteiger partial charge in [0, 0.05) is 12.6 Å². The van der Waals surface area contributed by atoms with E-state index >= 15 is 0 Å². The number of fused-ring (bicyclic) bond motifs is 1. The smallest absolute Gasteiger partial charge is 0.252 e. The number of carbonyl (C=O) groups excluding carboxylic acids is 1. The van der Waals surface area contributed by atoms with Gasteiger partial charge in [0.2, 0.25) is 0 Å². The highest BCUT2D eigenvalue weighted by Gasteiger charge is 2.50. The van der Waals surface area contributed by atoms with E-state index in [-0.39, 0.29) is 11.9 Å². The lowest BCUT2D eigenvalue weighted by Crippen LogP contribution is -2.59. The number of aliphatic hydroxyl groups is 2. The predicted octanol–water partition coefficient (Wildman–Crippen LogP) is -1.21. The molecule has 1 amide bonds. The summed E-state index contributed by atoms with van der Waals surface area (Å²) in [5.41, 5.74) is -0.433. The molecule has 0 spiro atoms. The average Bonchev–Trinajstić information content (AvgIpc) is 3.12. The van der Waals surface area contributed by atoms with Crippen LogP contribution in [-0.2, 0) is 9.53 Å². The van der Waals surface area contributed by atoms with E-state index < -0.39 is 29.8 Å². The van der Waals surface area contributed by atoms with Gasteiger partial charge in [-0.05, 0) is 19.8 Å². The Kier molecular flexibility index (Phi) is 3.89. The van der Waals surface area contributed by atoms with E-state index in [0.29, 0.717) is 5.17 Å². The lowest BCUT2D eigenvalue weighted by atomic mass is 9.98. The number of thioether (sulfide) groups is 1. The summed E-state index contributed by atoms with van der Waals surface area (Å²) in [6, 6.07) is -0.341. The molecule has 0 radical (unpaired) electrons. The number of rotatable bonds is 3. The van der Waals surface area contributed by atoms with Gasteiger partial charge in [-0.2, -0.15) is 0 Å². The number of hydrogen-bond acceptors (Lipinski definition) is 7. The minimum Gasteiger partial charge on any atom is -0.388 e. The highest BCUT2D eigenvalue weighted by molar-refractivity contribution is 8.14. The number of ether oxygens (including phenoxy) is 1. The van der Waals surface area contributed by atoms with Crippen molar-refractivity contribution in [3.05, 3.63) is 0 Å². The Bertz CT molecular complexity index is 429. The second-order valence-corrected chi connectivity index (χ2v) is 6.35. The molecule has 5 atom stereocenters. The minimum atomic E-state index is -1.25. The maximum atomic E-state index is 12.0.